The predicted molar refractivity (Wildman–Crippen MR) is 112 cm³/mol. The predicted octanol–water partition coefficient (Wildman–Crippen LogP) is 6.69. The van der Waals surface area contributed by atoms with E-state index in [9.17, 15) is 0 Å². The zero-order chi connectivity index (χ0) is 19.4. The third-order valence-electron chi connectivity index (χ3n) is 3.90. The minimum absolute atomic E-state index is 0.305. The lowest BCUT2D eigenvalue weighted by molar-refractivity contribution is 0.210. The van der Waals surface area contributed by atoms with Crippen LogP contribution in [0.15, 0.2) is 47.6 Å². The summed E-state index contributed by atoms with van der Waals surface area (Å²) < 4.78 is 8.03. The lowest BCUT2D eigenvalue weighted by Crippen LogP contribution is -2.12. The highest BCUT2D eigenvalue weighted by Gasteiger charge is 2.19. The average molecular weight is 443 g/mol. The summed E-state index contributed by atoms with van der Waals surface area (Å²) in [6.45, 7) is 4.73. The molecule has 0 amide bonds. The second-order valence-electron chi connectivity index (χ2n) is 5.83. The molecular weight excluding hydrogens is 425 g/mol. The average Bonchev–Trinajstić information content (AvgIpc) is 3.06. The first-order valence-corrected chi connectivity index (χ1v) is 10.5. The summed E-state index contributed by atoms with van der Waals surface area (Å²) in [6, 6.07) is 13.0. The fourth-order valence-corrected chi connectivity index (χ4v) is 4.09. The summed E-state index contributed by atoms with van der Waals surface area (Å²) >= 11 is 19.7. The Balaban J connectivity index is 1.73. The van der Waals surface area contributed by atoms with Gasteiger partial charge in [-0.05, 0) is 49.7 Å². The molecule has 0 aliphatic heterocycles. The van der Waals surface area contributed by atoms with Crippen molar-refractivity contribution in [2.45, 2.75) is 37.4 Å². The van der Waals surface area contributed by atoms with Crippen molar-refractivity contribution in [3.05, 3.63) is 68.9 Å². The Bertz CT molecular complexity index is 915. The maximum absolute atomic E-state index is 6.20. The van der Waals surface area contributed by atoms with Gasteiger partial charge in [-0.15, -0.1) is 10.2 Å². The monoisotopic (exact) mass is 441 g/mol. The normalized spacial score (nSPS) is 12.2. The molecule has 0 saturated carbocycles. The molecule has 0 spiro atoms. The minimum Gasteiger partial charge on any atom is -0.481 e. The molecule has 0 aliphatic rings. The number of halogens is 3. The summed E-state index contributed by atoms with van der Waals surface area (Å²) in [4.78, 5) is 0. The van der Waals surface area contributed by atoms with Crippen molar-refractivity contribution in [3.63, 3.8) is 0 Å². The molecule has 2 aromatic carbocycles. The first-order valence-electron chi connectivity index (χ1n) is 8.40. The molecule has 1 unspecified atom stereocenters. The summed E-state index contributed by atoms with van der Waals surface area (Å²) in [5.74, 6) is 2.10. The van der Waals surface area contributed by atoms with E-state index in [1.165, 1.54) is 5.56 Å². The summed E-state index contributed by atoms with van der Waals surface area (Å²) in [7, 11) is 0. The van der Waals surface area contributed by atoms with Crippen LogP contribution < -0.4 is 4.74 Å². The molecule has 1 atom stereocenters. The first-order chi connectivity index (χ1) is 13.0. The van der Waals surface area contributed by atoms with E-state index in [0.29, 0.717) is 15.8 Å². The Morgan fingerprint density at radius 1 is 1.04 bits per heavy atom. The van der Waals surface area contributed by atoms with Crippen molar-refractivity contribution in [2.24, 2.45) is 0 Å². The van der Waals surface area contributed by atoms with Crippen LogP contribution in [0.2, 0.25) is 15.1 Å². The van der Waals surface area contributed by atoms with Crippen LogP contribution in [-0.4, -0.2) is 14.8 Å². The lowest BCUT2D eigenvalue weighted by Gasteiger charge is -2.16. The van der Waals surface area contributed by atoms with E-state index in [2.05, 4.69) is 21.7 Å². The van der Waals surface area contributed by atoms with Gasteiger partial charge in [-0.1, -0.05) is 58.7 Å². The van der Waals surface area contributed by atoms with E-state index in [4.69, 9.17) is 39.5 Å². The molecule has 0 saturated heterocycles. The van der Waals surface area contributed by atoms with Gasteiger partial charge in [0.05, 0.1) is 5.02 Å². The molecule has 8 heteroatoms. The molecule has 4 nitrogen and oxygen atoms in total. The Labute approximate surface area is 177 Å². The van der Waals surface area contributed by atoms with Crippen molar-refractivity contribution in [2.75, 3.05) is 0 Å². The van der Waals surface area contributed by atoms with E-state index < -0.39 is 0 Å². The molecule has 0 N–H and O–H groups in total. The molecule has 1 heterocycles. The molecule has 1 aromatic heterocycles. The van der Waals surface area contributed by atoms with Crippen molar-refractivity contribution < 1.29 is 4.74 Å². The van der Waals surface area contributed by atoms with E-state index >= 15 is 0 Å². The zero-order valence-electron chi connectivity index (χ0n) is 14.8. The summed E-state index contributed by atoms with van der Waals surface area (Å²) in [6.07, 6.45) is -0.305. The smallest absolute Gasteiger partial charge is 0.191 e. The Kier molecular flexibility index (Phi) is 6.93. The van der Waals surface area contributed by atoms with Gasteiger partial charge in [0.2, 0.25) is 0 Å². The Morgan fingerprint density at radius 2 is 1.74 bits per heavy atom. The molecule has 0 radical (unpaired) electrons. The maximum atomic E-state index is 6.20. The molecule has 27 heavy (non-hydrogen) atoms. The number of hydrogen-bond acceptors (Lipinski definition) is 4. The number of rotatable bonds is 7. The highest BCUT2D eigenvalue weighted by Crippen LogP contribution is 2.32. The Morgan fingerprint density at radius 3 is 2.41 bits per heavy atom. The highest BCUT2D eigenvalue weighted by molar-refractivity contribution is 7.98. The van der Waals surface area contributed by atoms with Crippen molar-refractivity contribution >= 4 is 46.6 Å². The fraction of sp³-hybridized carbons (Fsp3) is 0.263. The van der Waals surface area contributed by atoms with Crippen molar-refractivity contribution in [3.8, 4) is 5.75 Å². The number of ether oxygens (including phenoxy) is 1. The molecular formula is C19H18Cl3N3OS. The molecule has 0 fully saturated rings. The van der Waals surface area contributed by atoms with Crippen molar-refractivity contribution in [1.29, 1.82) is 0 Å². The van der Waals surface area contributed by atoms with Crippen LogP contribution in [0.4, 0.5) is 0 Å². The van der Waals surface area contributed by atoms with Crippen LogP contribution in [0.25, 0.3) is 0 Å². The molecule has 0 aliphatic carbocycles. The van der Waals surface area contributed by atoms with Gasteiger partial charge in [-0.2, -0.15) is 0 Å². The molecule has 0 bridgehead atoms. The lowest BCUT2D eigenvalue weighted by atomic mass is 10.2. The topological polar surface area (TPSA) is 39.9 Å². The van der Waals surface area contributed by atoms with Gasteiger partial charge in [-0.3, -0.25) is 0 Å². The minimum atomic E-state index is -0.305. The molecule has 142 valence electrons. The highest BCUT2D eigenvalue weighted by atomic mass is 35.5. The SMILES string of the molecule is CCn1c(SCc2ccc(Cl)cc2)nnc1C(C)Oc1ccc(Cl)cc1Cl. The van der Waals surface area contributed by atoms with Gasteiger partial charge in [0.15, 0.2) is 17.1 Å². The van der Waals surface area contributed by atoms with Gasteiger partial charge >= 0.3 is 0 Å². The zero-order valence-corrected chi connectivity index (χ0v) is 17.9. The number of thioether (sulfide) groups is 1. The van der Waals surface area contributed by atoms with Gasteiger partial charge in [0.25, 0.3) is 0 Å². The first kappa shape index (κ1) is 20.3. The standard InChI is InChI=1S/C19H18Cl3N3OS/c1-3-25-18(12(2)26-17-9-8-15(21)10-16(17)22)23-24-19(25)27-11-13-4-6-14(20)7-5-13/h4-10,12H,3,11H2,1-2H3. The third kappa shape index (κ3) is 5.11. The van der Waals surface area contributed by atoms with E-state index in [0.717, 1.165) is 28.3 Å². The van der Waals surface area contributed by atoms with Crippen LogP contribution in [0, 0.1) is 0 Å². The van der Waals surface area contributed by atoms with E-state index in [-0.39, 0.29) is 6.10 Å². The van der Waals surface area contributed by atoms with Crippen LogP contribution in [-0.2, 0) is 12.3 Å². The maximum Gasteiger partial charge on any atom is 0.191 e. The largest absolute Gasteiger partial charge is 0.481 e. The number of hydrogen-bond donors (Lipinski definition) is 0. The van der Waals surface area contributed by atoms with Gasteiger partial charge in [-0.25, -0.2) is 0 Å². The second kappa shape index (κ2) is 9.20. The second-order valence-corrected chi connectivity index (χ2v) is 8.06. The van der Waals surface area contributed by atoms with Crippen LogP contribution in [0.3, 0.4) is 0 Å². The van der Waals surface area contributed by atoms with Crippen LogP contribution in [0.5, 0.6) is 5.75 Å². The Hall–Kier alpha value is -1.40. The molecule has 3 rings (SSSR count). The summed E-state index contributed by atoms with van der Waals surface area (Å²) in [5, 5.41) is 11.3. The van der Waals surface area contributed by atoms with Crippen LogP contribution >= 0.6 is 46.6 Å². The number of aromatic nitrogens is 3. The third-order valence-corrected chi connectivity index (χ3v) is 5.72. The van der Waals surface area contributed by atoms with Gasteiger partial charge in [0.1, 0.15) is 5.75 Å². The van der Waals surface area contributed by atoms with E-state index in [1.807, 2.05) is 31.2 Å². The number of nitrogens with zero attached hydrogens (tertiary/aromatic N) is 3. The molecule has 3 aromatic rings. The van der Waals surface area contributed by atoms with Gasteiger partial charge < -0.3 is 9.30 Å². The quantitative estimate of drug-likeness (QED) is 0.382. The van der Waals surface area contributed by atoms with E-state index in [1.54, 1.807) is 30.0 Å². The fourth-order valence-electron chi connectivity index (χ4n) is 2.55. The van der Waals surface area contributed by atoms with Crippen molar-refractivity contribution in [1.82, 2.24) is 14.8 Å². The number of benzene rings is 2. The van der Waals surface area contributed by atoms with Gasteiger partial charge in [0, 0.05) is 22.3 Å². The van der Waals surface area contributed by atoms with Crippen LogP contribution in [0.1, 0.15) is 31.3 Å². The summed E-state index contributed by atoms with van der Waals surface area (Å²) in [5.41, 5.74) is 1.17.